The summed E-state index contributed by atoms with van der Waals surface area (Å²) in [6, 6.07) is 9.50. The van der Waals surface area contributed by atoms with Gasteiger partial charge in [0.05, 0.1) is 6.04 Å². The molecule has 6 heteroatoms. The lowest BCUT2D eigenvalue weighted by molar-refractivity contribution is 0.0942. The maximum Gasteiger partial charge on any atom is 0.251 e. The highest BCUT2D eigenvalue weighted by atomic mass is 32.1. The first-order valence-corrected chi connectivity index (χ1v) is 7.91. The molecule has 1 aliphatic rings. The van der Waals surface area contributed by atoms with Crippen LogP contribution in [0.5, 0.6) is 11.5 Å². The van der Waals surface area contributed by atoms with Crippen molar-refractivity contribution >= 4 is 17.2 Å². The molecule has 0 aliphatic carbocycles. The smallest absolute Gasteiger partial charge is 0.251 e. The summed E-state index contributed by atoms with van der Waals surface area (Å²) >= 11 is 1.69. The van der Waals surface area contributed by atoms with Gasteiger partial charge in [-0.25, -0.2) is 0 Å². The molecule has 0 bridgehead atoms. The third-order valence-corrected chi connectivity index (χ3v) is 4.56. The second kappa shape index (κ2) is 6.37. The number of ether oxygens (including phenoxy) is 2. The minimum atomic E-state index is -0.110. The fourth-order valence-corrected chi connectivity index (χ4v) is 3.27. The summed E-state index contributed by atoms with van der Waals surface area (Å²) in [5.41, 5.74) is 0.577. The average Bonchev–Trinajstić information content (AvgIpc) is 3.17. The van der Waals surface area contributed by atoms with Crippen molar-refractivity contribution in [3.05, 3.63) is 46.2 Å². The van der Waals surface area contributed by atoms with Gasteiger partial charge in [-0.15, -0.1) is 11.3 Å². The van der Waals surface area contributed by atoms with Crippen molar-refractivity contribution < 1.29 is 14.3 Å². The van der Waals surface area contributed by atoms with Gasteiger partial charge in [0, 0.05) is 17.0 Å². The number of likely N-dealkylation sites (N-methyl/N-ethyl adjacent to an activating group) is 1. The summed E-state index contributed by atoms with van der Waals surface area (Å²) in [7, 11) is 4.02. The van der Waals surface area contributed by atoms with Crippen molar-refractivity contribution in [1.29, 1.82) is 0 Å². The Labute approximate surface area is 133 Å². The Balaban J connectivity index is 1.66. The van der Waals surface area contributed by atoms with E-state index < -0.39 is 0 Å². The zero-order valence-corrected chi connectivity index (χ0v) is 13.4. The van der Waals surface area contributed by atoms with E-state index in [9.17, 15) is 4.79 Å². The van der Waals surface area contributed by atoms with E-state index in [1.807, 2.05) is 25.5 Å². The molecule has 1 amide bonds. The first kappa shape index (κ1) is 14.9. The zero-order chi connectivity index (χ0) is 15.5. The number of hydrogen-bond donors (Lipinski definition) is 1. The monoisotopic (exact) mass is 318 g/mol. The normalized spacial score (nSPS) is 14.1. The van der Waals surface area contributed by atoms with Crippen LogP contribution >= 0.6 is 11.3 Å². The third-order valence-electron chi connectivity index (χ3n) is 3.59. The van der Waals surface area contributed by atoms with Crippen molar-refractivity contribution in [3.63, 3.8) is 0 Å². The summed E-state index contributed by atoms with van der Waals surface area (Å²) in [6.45, 7) is 0.766. The van der Waals surface area contributed by atoms with Crippen LogP contribution in [0.4, 0.5) is 0 Å². The highest BCUT2D eigenvalue weighted by molar-refractivity contribution is 7.10. The van der Waals surface area contributed by atoms with E-state index in [0.29, 0.717) is 23.6 Å². The van der Waals surface area contributed by atoms with Gasteiger partial charge >= 0.3 is 0 Å². The second-order valence-electron chi connectivity index (χ2n) is 5.27. The van der Waals surface area contributed by atoms with Crippen LogP contribution in [-0.2, 0) is 0 Å². The molecule has 0 radical (unpaired) electrons. The van der Waals surface area contributed by atoms with E-state index in [2.05, 4.69) is 16.3 Å². The molecule has 2 heterocycles. The molecule has 116 valence electrons. The van der Waals surface area contributed by atoms with Gasteiger partial charge in [-0.1, -0.05) is 6.07 Å². The van der Waals surface area contributed by atoms with Crippen LogP contribution in [0.1, 0.15) is 21.3 Å². The Morgan fingerprint density at radius 1 is 1.32 bits per heavy atom. The van der Waals surface area contributed by atoms with Crippen molar-refractivity contribution in [2.75, 3.05) is 27.4 Å². The van der Waals surface area contributed by atoms with Crippen LogP contribution in [0, 0.1) is 0 Å². The van der Waals surface area contributed by atoms with Crippen LogP contribution in [-0.4, -0.2) is 38.2 Å². The SMILES string of the molecule is CN(C)C(CNC(=O)c1ccc2c(c1)OCO2)c1cccs1. The largest absolute Gasteiger partial charge is 0.454 e. The van der Waals surface area contributed by atoms with Crippen molar-refractivity contribution in [2.24, 2.45) is 0 Å². The molecule has 1 unspecified atom stereocenters. The highest BCUT2D eigenvalue weighted by Gasteiger charge is 2.19. The summed E-state index contributed by atoms with van der Waals surface area (Å²) in [5.74, 6) is 1.19. The minimum Gasteiger partial charge on any atom is -0.454 e. The maximum absolute atomic E-state index is 12.3. The van der Waals surface area contributed by atoms with Gasteiger partial charge in [-0.05, 0) is 43.7 Å². The van der Waals surface area contributed by atoms with Gasteiger partial charge in [0.15, 0.2) is 11.5 Å². The Morgan fingerprint density at radius 2 is 2.14 bits per heavy atom. The molecule has 1 aromatic carbocycles. The minimum absolute atomic E-state index is 0.110. The van der Waals surface area contributed by atoms with Gasteiger partial charge in [0.25, 0.3) is 5.91 Å². The number of hydrogen-bond acceptors (Lipinski definition) is 5. The Bertz CT molecular complexity index is 655. The maximum atomic E-state index is 12.3. The molecule has 1 aliphatic heterocycles. The molecular formula is C16H18N2O3S. The number of carbonyl (C=O) groups is 1. The first-order chi connectivity index (χ1) is 10.6. The van der Waals surface area contributed by atoms with Gasteiger partial charge in [0.2, 0.25) is 6.79 Å². The van der Waals surface area contributed by atoms with E-state index in [-0.39, 0.29) is 18.7 Å². The number of fused-ring (bicyclic) bond motifs is 1. The summed E-state index contributed by atoms with van der Waals surface area (Å²) in [5, 5.41) is 5.04. The van der Waals surface area contributed by atoms with Gasteiger partial charge in [0.1, 0.15) is 0 Å². The molecule has 0 saturated carbocycles. The number of nitrogens with zero attached hydrogens (tertiary/aromatic N) is 1. The summed E-state index contributed by atoms with van der Waals surface area (Å²) in [6.07, 6.45) is 0. The molecule has 22 heavy (non-hydrogen) atoms. The molecule has 0 fully saturated rings. The summed E-state index contributed by atoms with van der Waals surface area (Å²) in [4.78, 5) is 15.7. The van der Waals surface area contributed by atoms with E-state index in [0.717, 1.165) is 0 Å². The Kier molecular flexibility index (Phi) is 4.31. The average molecular weight is 318 g/mol. The molecule has 0 spiro atoms. The van der Waals surface area contributed by atoms with Crippen LogP contribution in [0.2, 0.25) is 0 Å². The molecular weight excluding hydrogens is 300 g/mol. The lowest BCUT2D eigenvalue weighted by Crippen LogP contribution is -2.34. The fraction of sp³-hybridized carbons (Fsp3) is 0.312. The zero-order valence-electron chi connectivity index (χ0n) is 12.5. The molecule has 1 N–H and O–H groups in total. The van der Waals surface area contributed by atoms with Crippen molar-refractivity contribution in [1.82, 2.24) is 10.2 Å². The van der Waals surface area contributed by atoms with E-state index in [1.165, 1.54) is 4.88 Å². The molecule has 1 atom stereocenters. The van der Waals surface area contributed by atoms with Gasteiger partial charge < -0.3 is 19.7 Å². The van der Waals surface area contributed by atoms with Crippen molar-refractivity contribution in [3.8, 4) is 11.5 Å². The fourth-order valence-electron chi connectivity index (χ4n) is 2.35. The van der Waals surface area contributed by atoms with Crippen LogP contribution < -0.4 is 14.8 Å². The molecule has 1 aromatic heterocycles. The molecule has 0 saturated heterocycles. The standard InChI is InChI=1S/C16H18N2O3S/c1-18(2)12(15-4-3-7-22-15)9-17-16(19)11-5-6-13-14(8-11)21-10-20-13/h3-8,12H,9-10H2,1-2H3,(H,17,19). The number of rotatable bonds is 5. The van der Waals surface area contributed by atoms with Gasteiger partial charge in [-0.3, -0.25) is 4.79 Å². The predicted octanol–water partition coefficient (Wildman–Crippen LogP) is 2.51. The second-order valence-corrected chi connectivity index (χ2v) is 6.25. The van der Waals surface area contributed by atoms with Crippen LogP contribution in [0.25, 0.3) is 0 Å². The lowest BCUT2D eigenvalue weighted by Gasteiger charge is -2.23. The topological polar surface area (TPSA) is 50.8 Å². The third kappa shape index (κ3) is 3.08. The molecule has 2 aromatic rings. The number of amides is 1. The van der Waals surface area contributed by atoms with E-state index in [1.54, 1.807) is 29.5 Å². The van der Waals surface area contributed by atoms with Crippen molar-refractivity contribution in [2.45, 2.75) is 6.04 Å². The lowest BCUT2D eigenvalue weighted by atomic mass is 10.1. The van der Waals surface area contributed by atoms with Gasteiger partial charge in [-0.2, -0.15) is 0 Å². The number of nitrogens with one attached hydrogen (secondary N) is 1. The Morgan fingerprint density at radius 3 is 2.86 bits per heavy atom. The first-order valence-electron chi connectivity index (χ1n) is 7.03. The number of carbonyl (C=O) groups excluding carboxylic acids is 1. The highest BCUT2D eigenvalue weighted by Crippen LogP contribution is 2.32. The van der Waals surface area contributed by atoms with E-state index >= 15 is 0 Å². The quantitative estimate of drug-likeness (QED) is 0.920. The summed E-state index contributed by atoms with van der Waals surface area (Å²) < 4.78 is 10.6. The predicted molar refractivity (Wildman–Crippen MR) is 85.6 cm³/mol. The van der Waals surface area contributed by atoms with Crippen LogP contribution in [0.15, 0.2) is 35.7 Å². The molecule has 3 rings (SSSR count). The van der Waals surface area contributed by atoms with Crippen LogP contribution in [0.3, 0.4) is 0 Å². The Hall–Kier alpha value is -2.05. The number of thiophene rings is 1. The molecule has 5 nitrogen and oxygen atoms in total. The van der Waals surface area contributed by atoms with E-state index in [4.69, 9.17) is 9.47 Å². The number of benzene rings is 1.